The van der Waals surface area contributed by atoms with Crippen LogP contribution in [0.25, 0.3) is 0 Å². The first-order valence-corrected chi connectivity index (χ1v) is 8.90. The van der Waals surface area contributed by atoms with E-state index in [2.05, 4.69) is 20.7 Å². The minimum absolute atomic E-state index is 0.373. The van der Waals surface area contributed by atoms with E-state index in [0.717, 1.165) is 12.1 Å². The summed E-state index contributed by atoms with van der Waals surface area (Å²) in [4.78, 5) is 4.50. The maximum atomic E-state index is 6.09. The highest BCUT2D eigenvalue weighted by Crippen LogP contribution is 2.35. The van der Waals surface area contributed by atoms with Gasteiger partial charge in [-0.05, 0) is 19.1 Å². The lowest BCUT2D eigenvalue weighted by atomic mass is 10.3. The predicted octanol–water partition coefficient (Wildman–Crippen LogP) is 3.51. The van der Waals surface area contributed by atoms with Crippen molar-refractivity contribution in [3.8, 4) is 5.75 Å². The molecule has 0 saturated heterocycles. The van der Waals surface area contributed by atoms with Crippen molar-refractivity contribution in [2.45, 2.75) is 13.5 Å². The molecule has 0 aliphatic rings. The van der Waals surface area contributed by atoms with E-state index in [1.165, 1.54) is 0 Å². The summed E-state index contributed by atoms with van der Waals surface area (Å²) in [6, 6.07) is 3.19. The Bertz CT molecular complexity index is 709. The molecule has 1 aromatic carbocycles. The largest absolute Gasteiger partial charge is 0.489 e. The van der Waals surface area contributed by atoms with Crippen molar-refractivity contribution in [3.63, 3.8) is 0 Å². The van der Waals surface area contributed by atoms with Crippen LogP contribution in [0, 0.1) is 0 Å². The first kappa shape index (κ1) is 19.7. The van der Waals surface area contributed by atoms with Crippen LogP contribution < -0.4 is 15.4 Å². The fraction of sp³-hybridized carbons (Fsp3) is 0.375. The normalized spacial score (nSPS) is 11.5. The third-order valence-corrected chi connectivity index (χ3v) is 3.91. The molecule has 9 heteroatoms. The van der Waals surface area contributed by atoms with Crippen LogP contribution in [-0.2, 0) is 13.6 Å². The van der Waals surface area contributed by atoms with Gasteiger partial charge in [-0.15, -0.1) is 0 Å². The number of guanidine groups is 1. The zero-order valence-corrected chi connectivity index (χ0v) is 16.3. The van der Waals surface area contributed by atoms with Crippen molar-refractivity contribution in [1.82, 2.24) is 20.4 Å². The Morgan fingerprint density at radius 1 is 1.24 bits per heavy atom. The molecule has 1 aromatic heterocycles. The second-order valence-corrected chi connectivity index (χ2v) is 6.44. The maximum Gasteiger partial charge on any atom is 0.191 e. The first-order valence-electron chi connectivity index (χ1n) is 7.76. The van der Waals surface area contributed by atoms with Gasteiger partial charge in [0.1, 0.15) is 6.61 Å². The molecule has 0 fully saturated rings. The SMILES string of the molecule is CCNC(=NCc1cnn(C)c1)NCCOc1c(Cl)cc(Cl)cc1Cl. The molecule has 0 saturated carbocycles. The highest BCUT2D eigenvalue weighted by molar-refractivity contribution is 6.40. The van der Waals surface area contributed by atoms with Gasteiger partial charge in [-0.2, -0.15) is 5.10 Å². The average Bonchev–Trinajstić information content (AvgIpc) is 2.96. The molecule has 0 atom stereocenters. The molecule has 2 rings (SSSR count). The molecule has 0 aliphatic carbocycles. The number of nitrogens with zero attached hydrogens (tertiary/aromatic N) is 3. The van der Waals surface area contributed by atoms with Crippen molar-refractivity contribution < 1.29 is 4.74 Å². The summed E-state index contributed by atoms with van der Waals surface area (Å²) < 4.78 is 7.38. The molecule has 1 heterocycles. The maximum absolute atomic E-state index is 6.09. The summed E-state index contributed by atoms with van der Waals surface area (Å²) in [7, 11) is 1.88. The van der Waals surface area contributed by atoms with E-state index in [1.807, 2.05) is 20.2 Å². The Morgan fingerprint density at radius 2 is 1.96 bits per heavy atom. The van der Waals surface area contributed by atoms with Gasteiger partial charge in [-0.3, -0.25) is 4.68 Å². The fourth-order valence-corrected chi connectivity index (χ4v) is 2.98. The van der Waals surface area contributed by atoms with Crippen molar-refractivity contribution in [3.05, 3.63) is 45.2 Å². The van der Waals surface area contributed by atoms with Crippen LogP contribution in [0.5, 0.6) is 5.75 Å². The standard InChI is InChI=1S/C16H20Cl3N5O/c1-3-20-16(22-8-11-9-23-24(2)10-11)21-4-5-25-15-13(18)6-12(17)7-14(15)19/h6-7,9-10H,3-5,8H2,1-2H3,(H2,20,21,22). The topological polar surface area (TPSA) is 63.5 Å². The number of hydrogen-bond donors (Lipinski definition) is 2. The number of aryl methyl sites for hydroxylation is 1. The lowest BCUT2D eigenvalue weighted by Gasteiger charge is -2.13. The molecule has 0 spiro atoms. The van der Waals surface area contributed by atoms with Gasteiger partial charge in [0.2, 0.25) is 0 Å². The third-order valence-electron chi connectivity index (χ3n) is 3.13. The molecule has 0 amide bonds. The van der Waals surface area contributed by atoms with E-state index < -0.39 is 0 Å². The Balaban J connectivity index is 1.85. The highest BCUT2D eigenvalue weighted by Gasteiger charge is 2.09. The zero-order chi connectivity index (χ0) is 18.2. The minimum atomic E-state index is 0.373. The van der Waals surface area contributed by atoms with E-state index in [0.29, 0.717) is 46.5 Å². The van der Waals surface area contributed by atoms with Crippen molar-refractivity contribution in [2.75, 3.05) is 19.7 Å². The Hall–Kier alpha value is -1.63. The quantitative estimate of drug-likeness (QED) is 0.421. The lowest BCUT2D eigenvalue weighted by Crippen LogP contribution is -2.39. The van der Waals surface area contributed by atoms with Crippen LogP contribution in [0.3, 0.4) is 0 Å². The van der Waals surface area contributed by atoms with Gasteiger partial charge in [-0.1, -0.05) is 34.8 Å². The number of halogens is 3. The van der Waals surface area contributed by atoms with Crippen LogP contribution in [0.4, 0.5) is 0 Å². The zero-order valence-electron chi connectivity index (χ0n) is 14.0. The second-order valence-electron chi connectivity index (χ2n) is 5.19. The molecule has 2 aromatic rings. The van der Waals surface area contributed by atoms with E-state index in [4.69, 9.17) is 39.5 Å². The summed E-state index contributed by atoms with van der Waals surface area (Å²) in [6.07, 6.45) is 3.72. The lowest BCUT2D eigenvalue weighted by molar-refractivity contribution is 0.322. The summed E-state index contributed by atoms with van der Waals surface area (Å²) in [5.41, 5.74) is 1.04. The summed E-state index contributed by atoms with van der Waals surface area (Å²) in [6.45, 7) is 4.21. The van der Waals surface area contributed by atoms with Crippen molar-refractivity contribution in [2.24, 2.45) is 12.0 Å². The number of rotatable bonds is 7. The summed E-state index contributed by atoms with van der Waals surface area (Å²) in [5.74, 6) is 1.12. The fourth-order valence-electron chi connectivity index (χ4n) is 2.05. The number of nitrogens with one attached hydrogen (secondary N) is 2. The van der Waals surface area contributed by atoms with Gasteiger partial charge in [0.25, 0.3) is 0 Å². The van der Waals surface area contributed by atoms with E-state index in [9.17, 15) is 0 Å². The molecule has 2 N–H and O–H groups in total. The van der Waals surface area contributed by atoms with Crippen LogP contribution in [-0.4, -0.2) is 35.4 Å². The van der Waals surface area contributed by atoms with Gasteiger partial charge < -0.3 is 15.4 Å². The number of ether oxygens (including phenoxy) is 1. The number of aromatic nitrogens is 2. The summed E-state index contributed by atoms with van der Waals surface area (Å²) >= 11 is 18.1. The van der Waals surface area contributed by atoms with Gasteiger partial charge in [0.05, 0.1) is 29.3 Å². The Labute approximate surface area is 162 Å². The van der Waals surface area contributed by atoms with Gasteiger partial charge in [0, 0.05) is 30.4 Å². The third kappa shape index (κ3) is 6.30. The molecule has 0 unspecified atom stereocenters. The van der Waals surface area contributed by atoms with Crippen LogP contribution in [0.15, 0.2) is 29.5 Å². The Morgan fingerprint density at radius 3 is 2.56 bits per heavy atom. The van der Waals surface area contributed by atoms with Crippen LogP contribution >= 0.6 is 34.8 Å². The minimum Gasteiger partial charge on any atom is -0.489 e. The number of benzene rings is 1. The molecule has 6 nitrogen and oxygen atoms in total. The predicted molar refractivity (Wildman–Crippen MR) is 103 cm³/mol. The Kier molecular flexibility index (Phi) is 7.68. The molecule has 0 radical (unpaired) electrons. The molecule has 0 bridgehead atoms. The van der Waals surface area contributed by atoms with Gasteiger partial charge in [-0.25, -0.2) is 4.99 Å². The van der Waals surface area contributed by atoms with Crippen molar-refractivity contribution in [1.29, 1.82) is 0 Å². The number of aliphatic imine (C=N–C) groups is 1. The molecular formula is C16H20Cl3N5O. The molecular weight excluding hydrogens is 385 g/mol. The smallest absolute Gasteiger partial charge is 0.191 e. The number of hydrogen-bond acceptors (Lipinski definition) is 3. The average molecular weight is 405 g/mol. The van der Waals surface area contributed by atoms with Gasteiger partial charge in [0.15, 0.2) is 11.7 Å². The monoisotopic (exact) mass is 403 g/mol. The van der Waals surface area contributed by atoms with Crippen LogP contribution in [0.2, 0.25) is 15.1 Å². The highest BCUT2D eigenvalue weighted by atomic mass is 35.5. The van der Waals surface area contributed by atoms with Crippen molar-refractivity contribution >= 4 is 40.8 Å². The van der Waals surface area contributed by atoms with Gasteiger partial charge >= 0.3 is 0 Å². The second kappa shape index (κ2) is 9.75. The first-order chi connectivity index (χ1) is 12.0. The molecule has 25 heavy (non-hydrogen) atoms. The van der Waals surface area contributed by atoms with E-state index in [-0.39, 0.29) is 0 Å². The van der Waals surface area contributed by atoms with E-state index in [1.54, 1.807) is 23.0 Å². The summed E-state index contributed by atoms with van der Waals surface area (Å²) in [5, 5.41) is 11.7. The molecule has 136 valence electrons. The van der Waals surface area contributed by atoms with E-state index >= 15 is 0 Å². The van der Waals surface area contributed by atoms with Crippen LogP contribution in [0.1, 0.15) is 12.5 Å². The molecule has 0 aliphatic heterocycles.